The van der Waals surface area contributed by atoms with Gasteiger partial charge in [0.25, 0.3) is 0 Å². The topological polar surface area (TPSA) is 42.7 Å². The van der Waals surface area contributed by atoms with Crippen LogP contribution in [0.2, 0.25) is 0 Å². The summed E-state index contributed by atoms with van der Waals surface area (Å²) in [6.45, 7) is 10.4. The molecule has 0 aromatic carbocycles. The van der Waals surface area contributed by atoms with Crippen LogP contribution in [0.3, 0.4) is 0 Å². The van der Waals surface area contributed by atoms with Crippen LogP contribution in [0.4, 0.5) is 5.69 Å². The molecule has 4 heteroatoms. The van der Waals surface area contributed by atoms with Crippen LogP contribution in [0, 0.1) is 27.7 Å². The van der Waals surface area contributed by atoms with Crippen molar-refractivity contribution in [2.45, 2.75) is 40.7 Å². The van der Waals surface area contributed by atoms with Crippen molar-refractivity contribution in [2.24, 2.45) is 7.05 Å². The molecule has 2 heterocycles. The zero-order valence-electron chi connectivity index (χ0n) is 12.6. The van der Waals surface area contributed by atoms with Gasteiger partial charge >= 0.3 is 0 Å². The van der Waals surface area contributed by atoms with Crippen molar-refractivity contribution >= 4 is 5.69 Å². The van der Waals surface area contributed by atoms with Gasteiger partial charge in [-0.05, 0) is 51.8 Å². The number of pyridine rings is 1. The van der Waals surface area contributed by atoms with Crippen molar-refractivity contribution in [1.82, 2.24) is 14.8 Å². The summed E-state index contributed by atoms with van der Waals surface area (Å²) in [4.78, 5) is 4.56. The first-order valence-electron chi connectivity index (χ1n) is 6.60. The average Bonchev–Trinajstić information content (AvgIpc) is 2.55. The van der Waals surface area contributed by atoms with Gasteiger partial charge in [-0.1, -0.05) is 0 Å². The van der Waals surface area contributed by atoms with Crippen LogP contribution in [0.15, 0.2) is 12.3 Å². The molecule has 0 saturated heterocycles. The molecule has 0 aliphatic heterocycles. The fourth-order valence-electron chi connectivity index (χ4n) is 2.74. The molecule has 19 heavy (non-hydrogen) atoms. The fraction of sp³-hybridized carbons (Fsp3) is 0.467. The number of aryl methyl sites for hydroxylation is 5. The largest absolute Gasteiger partial charge is 0.376 e. The lowest BCUT2D eigenvalue weighted by Crippen LogP contribution is -2.11. The predicted molar refractivity (Wildman–Crippen MR) is 78.4 cm³/mol. The van der Waals surface area contributed by atoms with Gasteiger partial charge in [0, 0.05) is 24.6 Å². The lowest BCUT2D eigenvalue weighted by molar-refractivity contribution is 0.756. The molecular formula is C15H22N4. The zero-order chi connectivity index (χ0) is 14.2. The van der Waals surface area contributed by atoms with Crippen molar-refractivity contribution in [3.05, 3.63) is 40.5 Å². The molecule has 0 radical (unpaired) electrons. The highest BCUT2D eigenvalue weighted by molar-refractivity contribution is 5.49. The number of rotatable bonds is 3. The van der Waals surface area contributed by atoms with E-state index in [0.29, 0.717) is 0 Å². The summed E-state index contributed by atoms with van der Waals surface area (Å²) >= 11 is 0. The SMILES string of the molecule is Cc1cc(C)c(C(C)Nc2cn(C)nc2C)c(C)n1. The first kappa shape index (κ1) is 13.6. The molecule has 1 N–H and O–H groups in total. The third-order valence-electron chi connectivity index (χ3n) is 3.40. The van der Waals surface area contributed by atoms with E-state index in [-0.39, 0.29) is 6.04 Å². The Balaban J connectivity index is 2.30. The number of hydrogen-bond acceptors (Lipinski definition) is 3. The Labute approximate surface area is 114 Å². The van der Waals surface area contributed by atoms with E-state index in [1.807, 2.05) is 31.8 Å². The Morgan fingerprint density at radius 2 is 1.84 bits per heavy atom. The van der Waals surface area contributed by atoms with Gasteiger partial charge in [-0.3, -0.25) is 9.67 Å². The molecule has 0 saturated carbocycles. The number of hydrogen-bond donors (Lipinski definition) is 1. The summed E-state index contributed by atoms with van der Waals surface area (Å²) in [5.41, 5.74) is 6.82. The standard InChI is InChI=1S/C15H22N4/c1-9-7-10(2)16-12(4)15(9)13(5)17-14-8-19(6)18-11(14)3/h7-8,13,17H,1-6H3. The average molecular weight is 258 g/mol. The monoisotopic (exact) mass is 258 g/mol. The molecule has 102 valence electrons. The third kappa shape index (κ3) is 2.78. The molecule has 0 bridgehead atoms. The van der Waals surface area contributed by atoms with Crippen LogP contribution in [0.25, 0.3) is 0 Å². The number of anilines is 1. The summed E-state index contributed by atoms with van der Waals surface area (Å²) in [5, 5.41) is 7.88. The van der Waals surface area contributed by atoms with Crippen LogP contribution >= 0.6 is 0 Å². The lowest BCUT2D eigenvalue weighted by Gasteiger charge is -2.19. The summed E-state index contributed by atoms with van der Waals surface area (Å²) in [5.74, 6) is 0. The third-order valence-corrected chi connectivity index (χ3v) is 3.40. The molecule has 2 aromatic rings. The number of nitrogens with one attached hydrogen (secondary N) is 1. The molecule has 1 unspecified atom stereocenters. The minimum absolute atomic E-state index is 0.219. The van der Waals surface area contributed by atoms with Crippen LogP contribution in [-0.2, 0) is 7.05 Å². The second kappa shape index (κ2) is 5.03. The minimum atomic E-state index is 0.219. The molecule has 0 amide bonds. The van der Waals surface area contributed by atoms with Gasteiger partial charge in [-0.25, -0.2) is 0 Å². The highest BCUT2D eigenvalue weighted by atomic mass is 15.3. The Hall–Kier alpha value is -1.84. The van der Waals surface area contributed by atoms with E-state index >= 15 is 0 Å². The Kier molecular flexibility index (Phi) is 3.60. The summed E-state index contributed by atoms with van der Waals surface area (Å²) in [7, 11) is 1.94. The first-order chi connectivity index (χ1) is 8.88. The highest BCUT2D eigenvalue weighted by Gasteiger charge is 2.14. The predicted octanol–water partition coefficient (Wildman–Crippen LogP) is 3.22. The van der Waals surface area contributed by atoms with Gasteiger partial charge in [-0.2, -0.15) is 5.10 Å². The molecule has 0 fully saturated rings. The Bertz CT molecular complexity index is 575. The molecule has 0 spiro atoms. The van der Waals surface area contributed by atoms with Crippen LogP contribution in [-0.4, -0.2) is 14.8 Å². The van der Waals surface area contributed by atoms with Gasteiger partial charge in [-0.15, -0.1) is 0 Å². The highest BCUT2D eigenvalue weighted by Crippen LogP contribution is 2.25. The van der Waals surface area contributed by atoms with Gasteiger partial charge in [0.2, 0.25) is 0 Å². The normalized spacial score (nSPS) is 12.5. The Morgan fingerprint density at radius 1 is 1.16 bits per heavy atom. The maximum absolute atomic E-state index is 4.56. The quantitative estimate of drug-likeness (QED) is 0.919. The van der Waals surface area contributed by atoms with E-state index in [0.717, 1.165) is 22.8 Å². The lowest BCUT2D eigenvalue weighted by atomic mass is 10.0. The van der Waals surface area contributed by atoms with Gasteiger partial charge in [0.15, 0.2) is 0 Å². The van der Waals surface area contributed by atoms with Crippen LogP contribution in [0.1, 0.15) is 41.2 Å². The van der Waals surface area contributed by atoms with Crippen LogP contribution < -0.4 is 5.32 Å². The van der Waals surface area contributed by atoms with Gasteiger partial charge < -0.3 is 5.32 Å². The van der Waals surface area contributed by atoms with Crippen molar-refractivity contribution in [2.75, 3.05) is 5.32 Å². The van der Waals surface area contributed by atoms with E-state index in [1.54, 1.807) is 0 Å². The van der Waals surface area contributed by atoms with E-state index in [4.69, 9.17) is 0 Å². The second-order valence-corrected chi connectivity index (χ2v) is 5.25. The van der Waals surface area contributed by atoms with E-state index in [1.165, 1.54) is 11.1 Å². The number of nitrogens with zero attached hydrogens (tertiary/aromatic N) is 3. The molecule has 4 nitrogen and oxygen atoms in total. The van der Waals surface area contributed by atoms with Gasteiger partial charge in [0.05, 0.1) is 17.4 Å². The van der Waals surface area contributed by atoms with E-state index in [9.17, 15) is 0 Å². The van der Waals surface area contributed by atoms with Crippen molar-refractivity contribution in [3.63, 3.8) is 0 Å². The van der Waals surface area contributed by atoms with E-state index < -0.39 is 0 Å². The maximum atomic E-state index is 4.56. The molecule has 1 atom stereocenters. The number of aromatic nitrogens is 3. The maximum Gasteiger partial charge on any atom is 0.0825 e. The minimum Gasteiger partial charge on any atom is -0.376 e. The summed E-state index contributed by atoms with van der Waals surface area (Å²) < 4.78 is 1.83. The van der Waals surface area contributed by atoms with Crippen LogP contribution in [0.5, 0.6) is 0 Å². The molecule has 2 rings (SSSR count). The van der Waals surface area contributed by atoms with Crippen molar-refractivity contribution < 1.29 is 0 Å². The van der Waals surface area contributed by atoms with E-state index in [2.05, 4.69) is 42.2 Å². The molecule has 0 aliphatic carbocycles. The molecular weight excluding hydrogens is 236 g/mol. The zero-order valence-corrected chi connectivity index (χ0v) is 12.6. The smallest absolute Gasteiger partial charge is 0.0825 e. The summed E-state index contributed by atoms with van der Waals surface area (Å²) in [6.07, 6.45) is 2.01. The van der Waals surface area contributed by atoms with Gasteiger partial charge in [0.1, 0.15) is 0 Å². The summed E-state index contributed by atoms with van der Waals surface area (Å²) in [6, 6.07) is 2.35. The molecule has 2 aromatic heterocycles. The second-order valence-electron chi connectivity index (χ2n) is 5.25. The molecule has 0 aliphatic rings. The Morgan fingerprint density at radius 3 is 2.37 bits per heavy atom. The fourth-order valence-corrected chi connectivity index (χ4v) is 2.74. The van der Waals surface area contributed by atoms with Crippen molar-refractivity contribution in [3.8, 4) is 0 Å². The first-order valence-corrected chi connectivity index (χ1v) is 6.60. The van der Waals surface area contributed by atoms with Crippen molar-refractivity contribution in [1.29, 1.82) is 0 Å².